The summed E-state index contributed by atoms with van der Waals surface area (Å²) in [6.07, 6.45) is -2.40. The van der Waals surface area contributed by atoms with E-state index in [9.17, 15) is 8.78 Å². The molecule has 0 fully saturated rings. The second-order valence-electron chi connectivity index (χ2n) is 3.58. The number of halogens is 2. The third kappa shape index (κ3) is 1.98. The van der Waals surface area contributed by atoms with Gasteiger partial charge in [0, 0.05) is 0 Å². The number of rotatable bonds is 4. The highest BCUT2D eigenvalue weighted by Gasteiger charge is 2.22. The summed E-state index contributed by atoms with van der Waals surface area (Å²) in [7, 11) is -4.86. The molecule has 2 rings (SSSR count). The van der Waals surface area contributed by atoms with Crippen molar-refractivity contribution in [3.63, 3.8) is 0 Å². The summed E-state index contributed by atoms with van der Waals surface area (Å²) in [4.78, 5) is 5.25. The molecule has 0 aliphatic carbocycles. The number of fused-ring (bicyclic) bond motifs is 1. The maximum Gasteiger partial charge on any atom is 0.312 e. The van der Waals surface area contributed by atoms with Crippen LogP contribution in [0.2, 0.25) is 0 Å². The smallest absolute Gasteiger partial charge is 0.312 e. The van der Waals surface area contributed by atoms with Gasteiger partial charge in [0.2, 0.25) is 0 Å². The summed E-state index contributed by atoms with van der Waals surface area (Å²) in [6, 6.07) is 2.20. The molecule has 1 aromatic heterocycles. The molecule has 20 heavy (non-hydrogen) atoms. The van der Waals surface area contributed by atoms with Gasteiger partial charge in [-0.25, -0.2) is 0 Å². The molecule has 0 bridgehead atoms. The van der Waals surface area contributed by atoms with Crippen molar-refractivity contribution in [3.8, 4) is 5.75 Å². The molecule has 0 aliphatic rings. The van der Waals surface area contributed by atoms with E-state index < -0.39 is 31.5 Å². The molecule has 2 aromatic rings. The molecule has 2 N–H and O–H groups in total. The summed E-state index contributed by atoms with van der Waals surface area (Å²) < 4.78 is 78.3. The van der Waals surface area contributed by atoms with Crippen LogP contribution < -0.4 is 15.3 Å². The average Bonchev–Trinajstić information content (AvgIpc) is 2.77. The number of nitrogen functional groups attached to an aromatic ring is 1. The van der Waals surface area contributed by atoms with Gasteiger partial charge in [-0.15, -0.1) is 5.10 Å². The largest absolute Gasteiger partial charge is 0.495 e. The number of anilines is 1. The topological polar surface area (TPSA) is 71.5 Å². The first kappa shape index (κ1) is 7.93. The normalized spacial score (nSPS) is 16.1. The standard InChI is InChI=1S/C12H13F2N3O3/c1-18-9-6(10(19-2)11(13)14)4-5-7-8(9)12(15)16-17(7)20-3/h4-5H,1-3H3,(H2,15,16)/i2D3,3D3. The predicted molar refractivity (Wildman–Crippen MR) is 69.3 cm³/mol. The maximum atomic E-state index is 13.3. The Balaban J connectivity index is 2.71. The highest BCUT2D eigenvalue weighted by molar-refractivity contribution is 5.98. The Morgan fingerprint density at radius 3 is 2.80 bits per heavy atom. The molecule has 1 heterocycles. The van der Waals surface area contributed by atoms with Crippen LogP contribution in [0.25, 0.3) is 16.7 Å². The minimum atomic E-state index is -3.14. The third-order valence-electron chi connectivity index (χ3n) is 2.61. The van der Waals surface area contributed by atoms with E-state index in [4.69, 9.17) is 18.7 Å². The van der Waals surface area contributed by atoms with Crippen LogP contribution in [0.5, 0.6) is 5.75 Å². The highest BCUT2D eigenvalue weighted by atomic mass is 19.3. The predicted octanol–water partition coefficient (Wildman–Crippen LogP) is 1.90. The van der Waals surface area contributed by atoms with Gasteiger partial charge in [-0.2, -0.15) is 8.78 Å². The van der Waals surface area contributed by atoms with Gasteiger partial charge in [-0.1, -0.05) is 4.85 Å². The molecule has 0 saturated heterocycles. The Kier molecular flexibility index (Phi) is 2.08. The van der Waals surface area contributed by atoms with Gasteiger partial charge in [0.15, 0.2) is 11.6 Å². The summed E-state index contributed by atoms with van der Waals surface area (Å²) >= 11 is 0. The van der Waals surface area contributed by atoms with E-state index in [-0.39, 0.29) is 22.5 Å². The number of methoxy groups -OCH3 is 2. The van der Waals surface area contributed by atoms with E-state index in [2.05, 4.69) is 14.7 Å². The number of nitrogens with two attached hydrogens (primary N) is 1. The fourth-order valence-electron chi connectivity index (χ4n) is 1.84. The lowest BCUT2D eigenvalue weighted by Crippen LogP contribution is -2.07. The third-order valence-corrected chi connectivity index (χ3v) is 2.61. The second kappa shape index (κ2) is 5.24. The fourth-order valence-corrected chi connectivity index (χ4v) is 1.84. The first-order valence-electron chi connectivity index (χ1n) is 8.13. The van der Waals surface area contributed by atoms with Gasteiger partial charge in [-0.3, -0.25) is 0 Å². The van der Waals surface area contributed by atoms with Gasteiger partial charge >= 0.3 is 6.08 Å². The van der Waals surface area contributed by atoms with E-state index in [0.717, 1.165) is 19.2 Å². The van der Waals surface area contributed by atoms with Gasteiger partial charge in [0.05, 0.1) is 33.3 Å². The summed E-state index contributed by atoms with van der Waals surface area (Å²) in [6.45, 7) is 0. The monoisotopic (exact) mass is 291 g/mol. The van der Waals surface area contributed by atoms with Crippen molar-refractivity contribution in [2.24, 2.45) is 0 Å². The van der Waals surface area contributed by atoms with Crippen LogP contribution in [0.4, 0.5) is 14.6 Å². The Morgan fingerprint density at radius 2 is 2.20 bits per heavy atom. The average molecular weight is 291 g/mol. The molecule has 0 atom stereocenters. The van der Waals surface area contributed by atoms with Gasteiger partial charge in [0.1, 0.15) is 18.3 Å². The van der Waals surface area contributed by atoms with Gasteiger partial charge in [0.25, 0.3) is 0 Å². The van der Waals surface area contributed by atoms with Crippen molar-refractivity contribution >= 4 is 22.5 Å². The van der Waals surface area contributed by atoms with Crippen LogP contribution in [-0.4, -0.2) is 31.1 Å². The molecule has 0 spiro atoms. The van der Waals surface area contributed by atoms with Crippen LogP contribution >= 0.6 is 0 Å². The molecular formula is C12H13F2N3O3. The van der Waals surface area contributed by atoms with Crippen LogP contribution in [-0.2, 0) is 4.74 Å². The number of hydrogen-bond acceptors (Lipinski definition) is 5. The van der Waals surface area contributed by atoms with Crippen molar-refractivity contribution in [1.82, 2.24) is 9.94 Å². The van der Waals surface area contributed by atoms with Crippen molar-refractivity contribution in [2.45, 2.75) is 0 Å². The lowest BCUT2D eigenvalue weighted by Gasteiger charge is -2.11. The minimum absolute atomic E-state index is 0.00623. The zero-order valence-corrected chi connectivity index (χ0v) is 10.1. The molecule has 0 aliphatic heterocycles. The Morgan fingerprint density at radius 1 is 1.40 bits per heavy atom. The fraction of sp³-hybridized carbons (Fsp3) is 0.250. The Bertz CT molecular complexity index is 858. The van der Waals surface area contributed by atoms with Gasteiger partial charge in [-0.05, 0) is 12.1 Å². The van der Waals surface area contributed by atoms with Crippen molar-refractivity contribution in [2.75, 3.05) is 26.9 Å². The number of ether oxygens (including phenoxy) is 2. The second-order valence-corrected chi connectivity index (χ2v) is 3.58. The summed E-state index contributed by atoms with van der Waals surface area (Å²) in [5.74, 6) is -1.80. The molecule has 0 unspecified atom stereocenters. The van der Waals surface area contributed by atoms with Crippen molar-refractivity contribution in [3.05, 3.63) is 23.8 Å². The van der Waals surface area contributed by atoms with E-state index >= 15 is 0 Å². The van der Waals surface area contributed by atoms with E-state index in [1.165, 1.54) is 0 Å². The number of aromatic nitrogens is 2. The molecule has 108 valence electrons. The molecule has 0 saturated carbocycles. The van der Waals surface area contributed by atoms with Crippen LogP contribution in [0.3, 0.4) is 0 Å². The van der Waals surface area contributed by atoms with E-state index in [0.29, 0.717) is 4.85 Å². The number of hydrogen-bond donors (Lipinski definition) is 1. The Hall–Kier alpha value is -2.51. The van der Waals surface area contributed by atoms with Crippen molar-refractivity contribution < 1.29 is 31.3 Å². The molecule has 0 amide bonds. The zero-order valence-electron chi connectivity index (χ0n) is 16.1. The quantitative estimate of drug-likeness (QED) is 0.871. The molecule has 1 aromatic carbocycles. The van der Waals surface area contributed by atoms with Crippen LogP contribution in [0.15, 0.2) is 18.2 Å². The van der Waals surface area contributed by atoms with Crippen molar-refractivity contribution in [1.29, 1.82) is 0 Å². The van der Waals surface area contributed by atoms with E-state index in [1.54, 1.807) is 0 Å². The molecule has 8 heteroatoms. The minimum Gasteiger partial charge on any atom is -0.495 e. The number of nitrogens with zero attached hydrogens (tertiary/aromatic N) is 2. The first-order valence-corrected chi connectivity index (χ1v) is 5.13. The van der Waals surface area contributed by atoms with Crippen LogP contribution in [0.1, 0.15) is 13.8 Å². The summed E-state index contributed by atoms with van der Waals surface area (Å²) in [5.41, 5.74) is 5.31. The van der Waals surface area contributed by atoms with E-state index in [1.807, 2.05) is 0 Å². The highest BCUT2D eigenvalue weighted by Crippen LogP contribution is 2.38. The molecule has 0 radical (unpaired) electrons. The summed E-state index contributed by atoms with van der Waals surface area (Å²) in [5, 5.41) is 3.63. The SMILES string of the molecule is [2H]C([2H])([2H])OC(=C(F)F)c1ccc2c(c(N)nn2OC([2H])([2H])[2H])c1OC. The first-order chi connectivity index (χ1) is 11.8. The van der Waals surface area contributed by atoms with Crippen LogP contribution in [0, 0.1) is 0 Å². The number of benzene rings is 1. The zero-order chi connectivity index (χ0) is 19.9. The molecule has 6 nitrogen and oxygen atoms in total. The maximum absolute atomic E-state index is 13.3. The lowest BCUT2D eigenvalue weighted by molar-refractivity contribution is 0.146. The molecular weight excluding hydrogens is 272 g/mol. The Labute approximate surface area is 121 Å². The lowest BCUT2D eigenvalue weighted by atomic mass is 10.1. The van der Waals surface area contributed by atoms with Gasteiger partial charge < -0.3 is 20.0 Å².